The van der Waals surface area contributed by atoms with Crippen LogP contribution >= 0.6 is 11.6 Å². The predicted octanol–water partition coefficient (Wildman–Crippen LogP) is 2.82. The Kier molecular flexibility index (Phi) is 2.53. The zero-order chi connectivity index (χ0) is 9.97. The molecule has 0 N–H and O–H groups in total. The summed E-state index contributed by atoms with van der Waals surface area (Å²) in [5.74, 6) is 0. The van der Waals surface area contributed by atoms with E-state index < -0.39 is 0 Å². The highest BCUT2D eigenvalue weighted by molar-refractivity contribution is 6.49. The minimum Gasteiger partial charge on any atom is -0.372 e. The van der Waals surface area contributed by atoms with Crippen LogP contribution in [0.25, 0.3) is 5.03 Å². The quantitative estimate of drug-likeness (QED) is 0.661. The lowest BCUT2D eigenvalue weighted by Gasteiger charge is -2.00. The van der Waals surface area contributed by atoms with Crippen molar-refractivity contribution in [1.82, 2.24) is 0 Å². The Morgan fingerprint density at radius 3 is 3.00 bits per heavy atom. The molecule has 3 heteroatoms. The number of hydrogen-bond donors (Lipinski definition) is 0. The number of ether oxygens (including phenoxy) is 1. The van der Waals surface area contributed by atoms with Gasteiger partial charge in [-0.25, -0.2) is 0 Å². The highest BCUT2D eigenvalue weighted by Crippen LogP contribution is 2.25. The molecule has 1 aliphatic heterocycles. The second-order valence-electron chi connectivity index (χ2n) is 3.10. The molecule has 0 bridgehead atoms. The fourth-order valence-corrected chi connectivity index (χ4v) is 1.63. The van der Waals surface area contributed by atoms with Crippen LogP contribution in [0.1, 0.15) is 16.7 Å². The second kappa shape index (κ2) is 3.83. The largest absolute Gasteiger partial charge is 0.372 e. The van der Waals surface area contributed by atoms with Crippen LogP contribution in [0.15, 0.2) is 24.3 Å². The molecule has 70 valence electrons. The van der Waals surface area contributed by atoms with E-state index in [9.17, 15) is 0 Å². The summed E-state index contributed by atoms with van der Waals surface area (Å²) in [5.41, 5.74) is 3.24. The van der Waals surface area contributed by atoms with Gasteiger partial charge in [0.05, 0.1) is 24.3 Å². The fraction of sp³-hybridized carbons (Fsp3) is 0.182. The monoisotopic (exact) mass is 205 g/mol. The topological polar surface area (TPSA) is 33.0 Å². The first-order chi connectivity index (χ1) is 6.81. The molecule has 0 spiro atoms. The fourth-order valence-electron chi connectivity index (χ4n) is 1.46. The molecule has 0 radical (unpaired) electrons. The third-order valence-electron chi connectivity index (χ3n) is 2.19. The van der Waals surface area contributed by atoms with Crippen molar-refractivity contribution in [1.29, 1.82) is 5.26 Å². The summed E-state index contributed by atoms with van der Waals surface area (Å²) in [7, 11) is 0. The lowest BCUT2D eigenvalue weighted by molar-refractivity contribution is 0.134. The average Bonchev–Trinajstić information content (AvgIpc) is 2.64. The van der Waals surface area contributed by atoms with Gasteiger partial charge >= 0.3 is 0 Å². The lowest BCUT2D eigenvalue weighted by atomic mass is 10.1. The van der Waals surface area contributed by atoms with Gasteiger partial charge in [-0.1, -0.05) is 23.7 Å². The predicted molar refractivity (Wildman–Crippen MR) is 54.4 cm³/mol. The van der Waals surface area contributed by atoms with E-state index in [0.717, 1.165) is 11.1 Å². The average molecular weight is 206 g/mol. The Morgan fingerprint density at radius 1 is 1.43 bits per heavy atom. The normalized spacial score (nSPS) is 15.0. The van der Waals surface area contributed by atoms with E-state index in [4.69, 9.17) is 21.6 Å². The first-order valence-electron chi connectivity index (χ1n) is 4.26. The van der Waals surface area contributed by atoms with Crippen molar-refractivity contribution in [3.05, 3.63) is 41.0 Å². The Hall–Kier alpha value is -1.30. The van der Waals surface area contributed by atoms with E-state index >= 15 is 0 Å². The Morgan fingerprint density at radius 2 is 2.21 bits per heavy atom. The van der Waals surface area contributed by atoms with Crippen LogP contribution < -0.4 is 0 Å². The van der Waals surface area contributed by atoms with Gasteiger partial charge in [-0.15, -0.1) is 0 Å². The van der Waals surface area contributed by atoms with Gasteiger partial charge in [0, 0.05) is 6.08 Å². The van der Waals surface area contributed by atoms with Gasteiger partial charge in [0.1, 0.15) is 0 Å². The van der Waals surface area contributed by atoms with E-state index in [0.29, 0.717) is 18.2 Å². The maximum atomic E-state index is 8.46. The SMILES string of the molecule is N#CC=C(Cl)c1ccc2c(c1)COC2. The molecule has 0 aromatic heterocycles. The summed E-state index contributed by atoms with van der Waals surface area (Å²) in [6, 6.07) is 7.78. The molecule has 0 amide bonds. The molecular weight excluding hydrogens is 198 g/mol. The van der Waals surface area contributed by atoms with Crippen LogP contribution in [0.3, 0.4) is 0 Å². The number of benzene rings is 1. The van der Waals surface area contributed by atoms with Gasteiger partial charge < -0.3 is 4.74 Å². The van der Waals surface area contributed by atoms with Gasteiger partial charge in [0.25, 0.3) is 0 Å². The van der Waals surface area contributed by atoms with E-state index in [1.807, 2.05) is 24.3 Å². The highest BCUT2D eigenvalue weighted by Gasteiger charge is 2.11. The summed E-state index contributed by atoms with van der Waals surface area (Å²) >= 11 is 5.91. The minimum absolute atomic E-state index is 0.474. The number of allylic oxidation sites excluding steroid dienone is 1. The second-order valence-corrected chi connectivity index (χ2v) is 3.50. The molecule has 0 fully saturated rings. The van der Waals surface area contributed by atoms with Crippen LogP contribution in [-0.2, 0) is 18.0 Å². The van der Waals surface area contributed by atoms with Gasteiger partial charge in [-0.05, 0) is 22.8 Å². The lowest BCUT2D eigenvalue weighted by Crippen LogP contribution is -1.84. The molecule has 0 atom stereocenters. The standard InChI is InChI=1S/C11H8ClNO/c12-11(3-4-13)8-1-2-9-6-14-7-10(9)5-8/h1-3,5H,6-7H2. The van der Waals surface area contributed by atoms with Crippen LogP contribution in [0.5, 0.6) is 0 Å². The van der Waals surface area contributed by atoms with E-state index in [1.165, 1.54) is 11.6 Å². The molecule has 14 heavy (non-hydrogen) atoms. The summed E-state index contributed by atoms with van der Waals surface area (Å²) in [6.07, 6.45) is 1.33. The first-order valence-corrected chi connectivity index (χ1v) is 4.64. The summed E-state index contributed by atoms with van der Waals surface area (Å²) < 4.78 is 5.28. The van der Waals surface area contributed by atoms with Crippen molar-refractivity contribution in [3.63, 3.8) is 0 Å². The van der Waals surface area contributed by atoms with Gasteiger partial charge in [0.15, 0.2) is 0 Å². The van der Waals surface area contributed by atoms with Crippen LogP contribution in [0, 0.1) is 11.3 Å². The number of nitriles is 1. The van der Waals surface area contributed by atoms with Crippen molar-refractivity contribution in [2.45, 2.75) is 13.2 Å². The molecule has 2 rings (SSSR count). The molecule has 2 nitrogen and oxygen atoms in total. The van der Waals surface area contributed by atoms with E-state index in [1.54, 1.807) is 0 Å². The zero-order valence-electron chi connectivity index (χ0n) is 7.46. The van der Waals surface area contributed by atoms with E-state index in [-0.39, 0.29) is 0 Å². The molecule has 1 aromatic carbocycles. The molecule has 0 unspecified atom stereocenters. The number of halogens is 1. The molecule has 1 heterocycles. The summed E-state index contributed by atoms with van der Waals surface area (Å²) in [4.78, 5) is 0. The zero-order valence-corrected chi connectivity index (χ0v) is 8.21. The number of fused-ring (bicyclic) bond motifs is 1. The molecule has 1 aromatic rings. The Labute approximate surface area is 87.4 Å². The summed E-state index contributed by atoms with van der Waals surface area (Å²) in [5, 5.41) is 8.93. The van der Waals surface area contributed by atoms with Crippen LogP contribution in [0.4, 0.5) is 0 Å². The van der Waals surface area contributed by atoms with Crippen LogP contribution in [0.2, 0.25) is 0 Å². The smallest absolute Gasteiger partial charge is 0.0927 e. The van der Waals surface area contributed by atoms with Crippen molar-refractivity contribution < 1.29 is 4.74 Å². The summed E-state index contributed by atoms with van der Waals surface area (Å²) in [6.45, 7) is 1.31. The number of nitrogens with zero attached hydrogens (tertiary/aromatic N) is 1. The molecule has 0 saturated heterocycles. The molecule has 0 aliphatic carbocycles. The highest BCUT2D eigenvalue weighted by atomic mass is 35.5. The van der Waals surface area contributed by atoms with Crippen molar-refractivity contribution in [2.24, 2.45) is 0 Å². The number of rotatable bonds is 1. The third-order valence-corrected chi connectivity index (χ3v) is 2.52. The Bertz CT molecular complexity index is 431. The first kappa shape index (κ1) is 9.26. The van der Waals surface area contributed by atoms with Crippen molar-refractivity contribution in [2.75, 3.05) is 0 Å². The van der Waals surface area contributed by atoms with Gasteiger partial charge in [-0.3, -0.25) is 0 Å². The van der Waals surface area contributed by atoms with E-state index in [2.05, 4.69) is 0 Å². The Balaban J connectivity index is 2.39. The minimum atomic E-state index is 0.474. The van der Waals surface area contributed by atoms with Gasteiger partial charge in [0.2, 0.25) is 0 Å². The molecule has 1 aliphatic rings. The van der Waals surface area contributed by atoms with Crippen molar-refractivity contribution >= 4 is 16.6 Å². The molecular formula is C11H8ClNO. The van der Waals surface area contributed by atoms with Crippen LogP contribution in [-0.4, -0.2) is 0 Å². The maximum Gasteiger partial charge on any atom is 0.0927 e. The third kappa shape index (κ3) is 1.65. The molecule has 0 saturated carbocycles. The number of hydrogen-bond acceptors (Lipinski definition) is 2. The van der Waals surface area contributed by atoms with Crippen molar-refractivity contribution in [3.8, 4) is 6.07 Å². The van der Waals surface area contributed by atoms with Gasteiger partial charge in [-0.2, -0.15) is 5.26 Å². The maximum absolute atomic E-state index is 8.46.